The molecule has 1 aromatic rings. The monoisotopic (exact) mass is 368 g/mol. The lowest BCUT2D eigenvalue weighted by Crippen LogP contribution is -2.40. The molecule has 1 N–H and O–H groups in total. The number of nitrogens with zero attached hydrogens (tertiary/aromatic N) is 2. The predicted molar refractivity (Wildman–Crippen MR) is 92.8 cm³/mol. The largest absolute Gasteiger partial charge is 0.481 e. The first-order valence-corrected chi connectivity index (χ1v) is 9.87. The molecule has 2 rings (SSSR count). The van der Waals surface area contributed by atoms with Gasteiger partial charge in [0.1, 0.15) is 0 Å². The molecule has 0 aliphatic carbocycles. The van der Waals surface area contributed by atoms with E-state index in [2.05, 4.69) is 0 Å². The summed E-state index contributed by atoms with van der Waals surface area (Å²) in [7, 11) is -3.54. The molecule has 25 heavy (non-hydrogen) atoms. The van der Waals surface area contributed by atoms with Crippen LogP contribution >= 0.6 is 0 Å². The number of aliphatic carboxylic acids is 1. The van der Waals surface area contributed by atoms with Crippen molar-refractivity contribution in [2.45, 2.75) is 31.6 Å². The fraction of sp³-hybridized carbons (Fsp3) is 0.529. The molecule has 0 spiro atoms. The Bertz CT molecular complexity index is 718. The molecular formula is C17H24N2O5S. The summed E-state index contributed by atoms with van der Waals surface area (Å²) in [4.78, 5) is 25.3. The highest BCUT2D eigenvalue weighted by atomic mass is 32.2. The topological polar surface area (TPSA) is 95.0 Å². The molecule has 1 aliphatic rings. The molecule has 1 amide bonds. The molecule has 0 saturated carbocycles. The van der Waals surface area contributed by atoms with Gasteiger partial charge in [-0.05, 0) is 37.1 Å². The molecule has 0 aromatic heterocycles. The predicted octanol–water partition coefficient (Wildman–Crippen LogP) is 1.65. The van der Waals surface area contributed by atoms with Gasteiger partial charge in [0.15, 0.2) is 0 Å². The normalized spacial score (nSPS) is 16.2. The van der Waals surface area contributed by atoms with E-state index in [0.29, 0.717) is 44.6 Å². The van der Waals surface area contributed by atoms with E-state index in [1.54, 1.807) is 18.7 Å². The number of hydrogen-bond donors (Lipinski definition) is 1. The Morgan fingerprint density at radius 2 is 1.64 bits per heavy atom. The Labute approximate surface area is 148 Å². The summed E-state index contributed by atoms with van der Waals surface area (Å²) >= 11 is 0. The number of hydrogen-bond acceptors (Lipinski definition) is 4. The number of rotatable bonds is 6. The first kappa shape index (κ1) is 19.4. The zero-order chi connectivity index (χ0) is 18.6. The second-order valence-electron chi connectivity index (χ2n) is 6.02. The summed E-state index contributed by atoms with van der Waals surface area (Å²) < 4.78 is 26.3. The maximum atomic E-state index is 12.5. The van der Waals surface area contributed by atoms with Gasteiger partial charge in [-0.1, -0.05) is 13.8 Å². The van der Waals surface area contributed by atoms with Crippen LogP contribution in [0.15, 0.2) is 29.2 Å². The van der Waals surface area contributed by atoms with Crippen LogP contribution in [-0.4, -0.2) is 60.8 Å². The third-order valence-electron chi connectivity index (χ3n) is 4.58. The molecule has 1 saturated heterocycles. The van der Waals surface area contributed by atoms with Gasteiger partial charge in [-0.2, -0.15) is 4.31 Å². The van der Waals surface area contributed by atoms with E-state index in [9.17, 15) is 18.0 Å². The summed E-state index contributed by atoms with van der Waals surface area (Å²) in [5.74, 6) is -1.42. The number of carboxylic acids is 1. The number of likely N-dealkylation sites (tertiary alicyclic amines) is 1. The van der Waals surface area contributed by atoms with Gasteiger partial charge in [0.25, 0.3) is 5.91 Å². The molecule has 0 radical (unpaired) electrons. The molecule has 1 aliphatic heterocycles. The minimum atomic E-state index is -3.54. The maximum absolute atomic E-state index is 12.5. The molecule has 0 bridgehead atoms. The molecule has 1 heterocycles. The zero-order valence-corrected chi connectivity index (χ0v) is 15.3. The van der Waals surface area contributed by atoms with Crippen molar-refractivity contribution >= 4 is 21.9 Å². The van der Waals surface area contributed by atoms with Crippen molar-refractivity contribution in [1.82, 2.24) is 9.21 Å². The van der Waals surface area contributed by atoms with Gasteiger partial charge in [0.05, 0.1) is 10.8 Å². The number of sulfonamides is 1. The second kappa shape index (κ2) is 7.97. The van der Waals surface area contributed by atoms with Crippen LogP contribution in [0.25, 0.3) is 0 Å². The van der Waals surface area contributed by atoms with Crippen LogP contribution < -0.4 is 0 Å². The minimum Gasteiger partial charge on any atom is -0.481 e. The van der Waals surface area contributed by atoms with Crippen LogP contribution in [0.3, 0.4) is 0 Å². The van der Waals surface area contributed by atoms with Crippen LogP contribution in [-0.2, 0) is 14.8 Å². The van der Waals surface area contributed by atoms with E-state index >= 15 is 0 Å². The Hall–Kier alpha value is -1.93. The highest BCUT2D eigenvalue weighted by molar-refractivity contribution is 7.89. The fourth-order valence-corrected chi connectivity index (χ4v) is 4.45. The molecule has 1 aromatic carbocycles. The molecule has 8 heteroatoms. The molecule has 138 valence electrons. The summed E-state index contributed by atoms with van der Waals surface area (Å²) in [6, 6.07) is 5.93. The van der Waals surface area contributed by atoms with Crippen molar-refractivity contribution in [3.05, 3.63) is 29.8 Å². The summed E-state index contributed by atoms with van der Waals surface area (Å²) in [5.41, 5.74) is 0.410. The van der Waals surface area contributed by atoms with E-state index in [1.807, 2.05) is 0 Å². The van der Waals surface area contributed by atoms with Gasteiger partial charge >= 0.3 is 5.97 Å². The lowest BCUT2D eigenvalue weighted by molar-refractivity contribution is -0.143. The second-order valence-corrected chi connectivity index (χ2v) is 7.96. The standard InChI is InChI=1S/C17H24N2O5S/c1-3-19(4-2)25(23,24)15-7-5-13(6-8-15)16(20)18-11-9-14(10-12-18)17(21)22/h5-8,14H,3-4,9-12H2,1-2H3,(H,21,22). The molecule has 1 fully saturated rings. The Kier molecular flexibility index (Phi) is 6.18. The highest BCUT2D eigenvalue weighted by Gasteiger charge is 2.28. The number of benzene rings is 1. The molecule has 7 nitrogen and oxygen atoms in total. The van der Waals surface area contributed by atoms with Crippen molar-refractivity contribution in [3.8, 4) is 0 Å². The van der Waals surface area contributed by atoms with Gasteiger partial charge in [-0.3, -0.25) is 9.59 Å². The van der Waals surface area contributed by atoms with Crippen molar-refractivity contribution in [3.63, 3.8) is 0 Å². The Morgan fingerprint density at radius 3 is 2.08 bits per heavy atom. The first-order valence-electron chi connectivity index (χ1n) is 8.43. The van der Waals surface area contributed by atoms with Gasteiger partial charge in [-0.25, -0.2) is 8.42 Å². The van der Waals surface area contributed by atoms with Crippen LogP contribution in [0.1, 0.15) is 37.0 Å². The van der Waals surface area contributed by atoms with E-state index in [-0.39, 0.29) is 10.8 Å². The van der Waals surface area contributed by atoms with Crippen molar-refractivity contribution in [1.29, 1.82) is 0 Å². The fourth-order valence-electron chi connectivity index (χ4n) is 2.99. The SMILES string of the molecule is CCN(CC)S(=O)(=O)c1ccc(C(=O)N2CCC(C(=O)O)CC2)cc1. The van der Waals surface area contributed by atoms with Gasteiger partial charge < -0.3 is 10.0 Å². The number of carbonyl (C=O) groups is 2. The number of carbonyl (C=O) groups excluding carboxylic acids is 1. The molecule has 0 atom stereocenters. The van der Waals surface area contributed by atoms with Crippen LogP contribution in [0.4, 0.5) is 0 Å². The lowest BCUT2D eigenvalue weighted by Gasteiger charge is -2.30. The quantitative estimate of drug-likeness (QED) is 0.824. The third kappa shape index (κ3) is 4.19. The van der Waals surface area contributed by atoms with Gasteiger partial charge in [0.2, 0.25) is 10.0 Å². The molecular weight excluding hydrogens is 344 g/mol. The smallest absolute Gasteiger partial charge is 0.306 e. The number of carboxylic acid groups (broad SMARTS) is 1. The first-order chi connectivity index (χ1) is 11.8. The Balaban J connectivity index is 2.10. The van der Waals surface area contributed by atoms with Crippen molar-refractivity contribution in [2.24, 2.45) is 5.92 Å². The van der Waals surface area contributed by atoms with Crippen LogP contribution in [0.2, 0.25) is 0 Å². The van der Waals surface area contributed by atoms with E-state index in [0.717, 1.165) is 0 Å². The average Bonchev–Trinajstić information content (AvgIpc) is 2.62. The van der Waals surface area contributed by atoms with E-state index in [1.165, 1.54) is 28.6 Å². The highest BCUT2D eigenvalue weighted by Crippen LogP contribution is 2.21. The summed E-state index contributed by atoms with van der Waals surface area (Å²) in [5, 5.41) is 9.01. The van der Waals surface area contributed by atoms with Crippen LogP contribution in [0, 0.1) is 5.92 Å². The lowest BCUT2D eigenvalue weighted by atomic mass is 9.96. The number of amides is 1. The molecule has 0 unspecified atom stereocenters. The van der Waals surface area contributed by atoms with Gasteiger partial charge in [0, 0.05) is 31.7 Å². The average molecular weight is 368 g/mol. The van der Waals surface area contributed by atoms with Crippen LogP contribution in [0.5, 0.6) is 0 Å². The third-order valence-corrected chi connectivity index (χ3v) is 6.64. The summed E-state index contributed by atoms with van der Waals surface area (Å²) in [6.45, 7) is 5.13. The minimum absolute atomic E-state index is 0.164. The van der Waals surface area contributed by atoms with Crippen molar-refractivity contribution in [2.75, 3.05) is 26.2 Å². The van der Waals surface area contributed by atoms with E-state index in [4.69, 9.17) is 5.11 Å². The Morgan fingerprint density at radius 1 is 1.12 bits per heavy atom. The zero-order valence-electron chi connectivity index (χ0n) is 14.5. The van der Waals surface area contributed by atoms with Crippen molar-refractivity contribution < 1.29 is 23.1 Å². The van der Waals surface area contributed by atoms with Gasteiger partial charge in [-0.15, -0.1) is 0 Å². The summed E-state index contributed by atoms with van der Waals surface area (Å²) in [6.07, 6.45) is 0.880. The number of piperidine rings is 1. The van der Waals surface area contributed by atoms with E-state index < -0.39 is 21.9 Å². The maximum Gasteiger partial charge on any atom is 0.306 e.